The van der Waals surface area contributed by atoms with Crippen LogP contribution in [0.25, 0.3) is 5.82 Å². The third-order valence-electron chi connectivity index (χ3n) is 3.35. The van der Waals surface area contributed by atoms with E-state index < -0.39 is 0 Å². The Morgan fingerprint density at radius 3 is 2.75 bits per heavy atom. The Hall–Kier alpha value is -3.36. The Balaban J connectivity index is 1.60. The topological polar surface area (TPSA) is 108 Å². The smallest absolute Gasteiger partial charge is 0.271 e. The first-order valence-corrected chi connectivity index (χ1v) is 7.29. The number of rotatable bonds is 5. The molecule has 0 spiro atoms. The van der Waals surface area contributed by atoms with Crippen molar-refractivity contribution in [3.8, 4) is 5.82 Å². The van der Waals surface area contributed by atoms with Gasteiger partial charge in [-0.3, -0.25) is 14.2 Å². The molecule has 9 heteroatoms. The van der Waals surface area contributed by atoms with Crippen LogP contribution in [-0.4, -0.2) is 42.0 Å². The van der Waals surface area contributed by atoms with E-state index in [-0.39, 0.29) is 30.2 Å². The van der Waals surface area contributed by atoms with Gasteiger partial charge in [0.05, 0.1) is 6.54 Å². The quantitative estimate of drug-likeness (QED) is 0.705. The van der Waals surface area contributed by atoms with E-state index in [0.717, 1.165) is 5.82 Å². The molecule has 0 atom stereocenters. The van der Waals surface area contributed by atoms with Crippen LogP contribution >= 0.6 is 0 Å². The Morgan fingerprint density at radius 2 is 2.08 bits per heavy atom. The number of carbonyl (C=O) groups excluding carboxylic acids is 1. The van der Waals surface area contributed by atoms with Gasteiger partial charge in [0.15, 0.2) is 11.5 Å². The standard InChI is InChI=1S/C15H15N7O2/c1-11-16-7-9-21(11)13-5-4-12(19-20-13)15(24)17-8-10-22-14(23)3-2-6-18-22/h2-7,9H,8,10H2,1H3,(H,17,24). The number of imidazole rings is 1. The second kappa shape index (κ2) is 6.82. The highest BCUT2D eigenvalue weighted by molar-refractivity contribution is 5.92. The highest BCUT2D eigenvalue weighted by atomic mass is 16.2. The van der Waals surface area contributed by atoms with Crippen molar-refractivity contribution in [2.45, 2.75) is 13.5 Å². The van der Waals surface area contributed by atoms with Crippen LogP contribution < -0.4 is 10.9 Å². The minimum Gasteiger partial charge on any atom is -0.349 e. The predicted octanol–water partition coefficient (Wildman–Crippen LogP) is -0.0426. The zero-order valence-corrected chi connectivity index (χ0v) is 13.0. The largest absolute Gasteiger partial charge is 0.349 e. The van der Waals surface area contributed by atoms with E-state index in [1.165, 1.54) is 16.9 Å². The summed E-state index contributed by atoms with van der Waals surface area (Å²) in [5, 5.41) is 14.5. The predicted molar refractivity (Wildman–Crippen MR) is 84.7 cm³/mol. The maximum absolute atomic E-state index is 12.0. The van der Waals surface area contributed by atoms with Crippen LogP contribution in [0.5, 0.6) is 0 Å². The molecule has 1 N–H and O–H groups in total. The first kappa shape index (κ1) is 15.5. The summed E-state index contributed by atoms with van der Waals surface area (Å²) in [4.78, 5) is 27.7. The van der Waals surface area contributed by atoms with Crippen LogP contribution in [0.15, 0.2) is 47.7 Å². The molecule has 0 saturated heterocycles. The number of nitrogens with one attached hydrogen (secondary N) is 1. The number of amides is 1. The van der Waals surface area contributed by atoms with E-state index >= 15 is 0 Å². The second-order valence-electron chi connectivity index (χ2n) is 4.96. The van der Waals surface area contributed by atoms with Gasteiger partial charge in [-0.25, -0.2) is 9.67 Å². The molecule has 122 valence electrons. The van der Waals surface area contributed by atoms with E-state index in [9.17, 15) is 9.59 Å². The zero-order valence-electron chi connectivity index (χ0n) is 13.0. The van der Waals surface area contributed by atoms with Gasteiger partial charge in [0, 0.05) is 31.2 Å². The molecular formula is C15H15N7O2. The molecule has 0 radical (unpaired) electrons. The fourth-order valence-electron chi connectivity index (χ4n) is 2.12. The number of aryl methyl sites for hydroxylation is 1. The molecule has 24 heavy (non-hydrogen) atoms. The summed E-state index contributed by atoms with van der Waals surface area (Å²) in [6, 6.07) is 6.26. The lowest BCUT2D eigenvalue weighted by atomic mass is 10.3. The van der Waals surface area contributed by atoms with Crippen molar-refractivity contribution in [2.24, 2.45) is 0 Å². The fourth-order valence-corrected chi connectivity index (χ4v) is 2.12. The third-order valence-corrected chi connectivity index (χ3v) is 3.35. The summed E-state index contributed by atoms with van der Waals surface area (Å²) in [6.45, 7) is 2.40. The van der Waals surface area contributed by atoms with E-state index in [4.69, 9.17) is 0 Å². The van der Waals surface area contributed by atoms with Crippen LogP contribution in [0.3, 0.4) is 0 Å². The maximum Gasteiger partial charge on any atom is 0.271 e. The summed E-state index contributed by atoms with van der Waals surface area (Å²) in [5.41, 5.74) is -0.0171. The molecule has 0 aliphatic heterocycles. The molecule has 9 nitrogen and oxygen atoms in total. The van der Waals surface area contributed by atoms with Crippen LogP contribution in [-0.2, 0) is 6.54 Å². The molecule has 3 heterocycles. The number of hydrogen-bond donors (Lipinski definition) is 1. The van der Waals surface area contributed by atoms with Crippen LogP contribution in [0.4, 0.5) is 0 Å². The average molecular weight is 325 g/mol. The molecule has 0 saturated carbocycles. The maximum atomic E-state index is 12.0. The van der Waals surface area contributed by atoms with Crippen molar-refractivity contribution in [3.05, 3.63) is 64.7 Å². The van der Waals surface area contributed by atoms with Crippen molar-refractivity contribution in [2.75, 3.05) is 6.54 Å². The average Bonchev–Trinajstić information content (AvgIpc) is 3.03. The Bertz CT molecular complexity index is 898. The summed E-state index contributed by atoms with van der Waals surface area (Å²) >= 11 is 0. The van der Waals surface area contributed by atoms with Crippen molar-refractivity contribution in [3.63, 3.8) is 0 Å². The zero-order chi connectivity index (χ0) is 16.9. The van der Waals surface area contributed by atoms with Crippen LogP contribution in [0.1, 0.15) is 16.3 Å². The minimum absolute atomic E-state index is 0.199. The SMILES string of the molecule is Cc1nccn1-c1ccc(C(=O)NCCn2ncccc2=O)nn1. The van der Waals surface area contributed by atoms with Crippen LogP contribution in [0.2, 0.25) is 0 Å². The third kappa shape index (κ3) is 3.35. The molecule has 0 bridgehead atoms. The van der Waals surface area contributed by atoms with Gasteiger partial charge >= 0.3 is 0 Å². The Kier molecular flexibility index (Phi) is 4.41. The first-order valence-electron chi connectivity index (χ1n) is 7.29. The number of nitrogens with zero attached hydrogens (tertiary/aromatic N) is 6. The summed E-state index contributed by atoms with van der Waals surface area (Å²) in [6.07, 6.45) is 4.95. The molecule has 3 aromatic heterocycles. The summed E-state index contributed by atoms with van der Waals surface area (Å²) in [7, 11) is 0. The van der Waals surface area contributed by atoms with Gasteiger partial charge in [-0.05, 0) is 25.1 Å². The second-order valence-corrected chi connectivity index (χ2v) is 4.96. The van der Waals surface area contributed by atoms with Gasteiger partial charge in [0.1, 0.15) is 5.82 Å². The molecule has 0 unspecified atom stereocenters. The molecular weight excluding hydrogens is 310 g/mol. The van der Waals surface area contributed by atoms with Crippen molar-refractivity contribution < 1.29 is 4.79 Å². The van der Waals surface area contributed by atoms with Gasteiger partial charge in [0.2, 0.25) is 0 Å². The Morgan fingerprint density at radius 1 is 1.21 bits per heavy atom. The van der Waals surface area contributed by atoms with Crippen molar-refractivity contribution in [1.29, 1.82) is 0 Å². The fraction of sp³-hybridized carbons (Fsp3) is 0.200. The van der Waals surface area contributed by atoms with Gasteiger partial charge in [0.25, 0.3) is 11.5 Å². The van der Waals surface area contributed by atoms with Gasteiger partial charge in [-0.1, -0.05) is 0 Å². The lowest BCUT2D eigenvalue weighted by Gasteiger charge is -2.06. The molecule has 3 aromatic rings. The van der Waals surface area contributed by atoms with Gasteiger partial charge in [-0.15, -0.1) is 10.2 Å². The number of aromatic nitrogens is 6. The molecule has 3 rings (SSSR count). The van der Waals surface area contributed by atoms with Crippen LogP contribution in [0, 0.1) is 6.92 Å². The Labute approximate surface area is 137 Å². The molecule has 0 aromatic carbocycles. The highest BCUT2D eigenvalue weighted by Crippen LogP contribution is 2.06. The number of carbonyl (C=O) groups is 1. The molecule has 0 fully saturated rings. The van der Waals surface area contributed by atoms with Gasteiger partial charge < -0.3 is 5.32 Å². The van der Waals surface area contributed by atoms with E-state index in [2.05, 4.69) is 25.6 Å². The minimum atomic E-state index is -0.361. The monoisotopic (exact) mass is 325 g/mol. The van der Waals surface area contributed by atoms with Crippen molar-refractivity contribution in [1.82, 2.24) is 34.8 Å². The van der Waals surface area contributed by atoms with E-state index in [0.29, 0.717) is 5.82 Å². The molecule has 0 aliphatic carbocycles. The first-order chi connectivity index (χ1) is 11.6. The lowest BCUT2D eigenvalue weighted by molar-refractivity contribution is 0.0945. The summed E-state index contributed by atoms with van der Waals surface area (Å²) in [5.74, 6) is 1.00. The normalized spacial score (nSPS) is 10.5. The van der Waals surface area contributed by atoms with E-state index in [1.807, 2.05) is 6.92 Å². The lowest BCUT2D eigenvalue weighted by Crippen LogP contribution is -2.32. The molecule has 0 aliphatic rings. The van der Waals surface area contributed by atoms with Gasteiger partial charge in [-0.2, -0.15) is 5.10 Å². The summed E-state index contributed by atoms with van der Waals surface area (Å²) < 4.78 is 3.04. The highest BCUT2D eigenvalue weighted by Gasteiger charge is 2.09. The van der Waals surface area contributed by atoms with Crippen molar-refractivity contribution >= 4 is 5.91 Å². The van der Waals surface area contributed by atoms with E-state index in [1.54, 1.807) is 35.2 Å². The molecule has 1 amide bonds. The number of hydrogen-bond acceptors (Lipinski definition) is 6.